The van der Waals surface area contributed by atoms with Crippen molar-refractivity contribution in [3.05, 3.63) is 50.1 Å². The first-order valence-electron chi connectivity index (χ1n) is 5.66. The highest BCUT2D eigenvalue weighted by atomic mass is 79.9. The Hall–Kier alpha value is -0.800. The van der Waals surface area contributed by atoms with Crippen molar-refractivity contribution in [3.63, 3.8) is 0 Å². The molecule has 0 aliphatic rings. The minimum Gasteiger partial charge on any atom is -0.377 e. The number of halogens is 1. The van der Waals surface area contributed by atoms with E-state index in [1.54, 1.807) is 0 Å². The van der Waals surface area contributed by atoms with Crippen LogP contribution in [-0.2, 0) is 0 Å². The van der Waals surface area contributed by atoms with Gasteiger partial charge in [-0.3, -0.25) is 0 Å². The zero-order valence-corrected chi connectivity index (χ0v) is 12.7. The van der Waals surface area contributed by atoms with Gasteiger partial charge < -0.3 is 5.32 Å². The highest BCUT2D eigenvalue weighted by molar-refractivity contribution is 9.10. The molecule has 3 heteroatoms. The van der Waals surface area contributed by atoms with Crippen LogP contribution in [0.2, 0.25) is 0 Å². The lowest BCUT2D eigenvalue weighted by molar-refractivity contribution is 0.906. The summed E-state index contributed by atoms with van der Waals surface area (Å²) >= 11 is 5.47. The fraction of sp³-hybridized carbons (Fsp3) is 0.286. The third kappa shape index (κ3) is 2.90. The molecule has 1 atom stereocenters. The van der Waals surface area contributed by atoms with Gasteiger partial charge in [-0.05, 0) is 60.5 Å². The van der Waals surface area contributed by atoms with E-state index in [0.717, 1.165) is 10.2 Å². The van der Waals surface area contributed by atoms with Gasteiger partial charge in [0.05, 0.1) is 6.04 Å². The minimum atomic E-state index is 0.340. The van der Waals surface area contributed by atoms with Crippen LogP contribution in [0.3, 0.4) is 0 Å². The first-order valence-corrected chi connectivity index (χ1v) is 7.27. The summed E-state index contributed by atoms with van der Waals surface area (Å²) in [6, 6.07) is 11.0. The zero-order valence-electron chi connectivity index (χ0n) is 10.3. The molecule has 0 spiro atoms. The molecule has 1 N–H and O–H groups in total. The van der Waals surface area contributed by atoms with Crippen LogP contribution >= 0.6 is 27.3 Å². The van der Waals surface area contributed by atoms with Gasteiger partial charge in [0.1, 0.15) is 0 Å². The smallest absolute Gasteiger partial charge is 0.0578 e. The van der Waals surface area contributed by atoms with E-state index >= 15 is 0 Å². The molecule has 0 bridgehead atoms. The molecule has 2 aromatic rings. The van der Waals surface area contributed by atoms with E-state index in [4.69, 9.17) is 0 Å². The molecule has 1 unspecified atom stereocenters. The van der Waals surface area contributed by atoms with E-state index in [2.05, 4.69) is 72.3 Å². The second-order valence-electron chi connectivity index (χ2n) is 4.25. The third-order valence-corrected chi connectivity index (χ3v) is 4.99. The van der Waals surface area contributed by atoms with E-state index in [1.165, 1.54) is 15.3 Å². The molecule has 2 rings (SSSR count). The molecule has 1 aromatic carbocycles. The Morgan fingerprint density at radius 2 is 1.94 bits per heavy atom. The van der Waals surface area contributed by atoms with Gasteiger partial charge in [-0.25, -0.2) is 0 Å². The Morgan fingerprint density at radius 1 is 1.18 bits per heavy atom. The van der Waals surface area contributed by atoms with Crippen molar-refractivity contribution in [3.8, 4) is 0 Å². The molecule has 0 aliphatic heterocycles. The SMILES string of the molecule is Cc1ccc(C(C)Nc2cccc(C)c2Br)s1. The second-order valence-corrected chi connectivity index (χ2v) is 6.36. The topological polar surface area (TPSA) is 12.0 Å². The van der Waals surface area contributed by atoms with Crippen molar-refractivity contribution in [2.45, 2.75) is 26.8 Å². The first-order chi connectivity index (χ1) is 8.08. The van der Waals surface area contributed by atoms with Crippen LogP contribution in [0.25, 0.3) is 0 Å². The number of nitrogens with one attached hydrogen (secondary N) is 1. The van der Waals surface area contributed by atoms with Gasteiger partial charge in [-0.2, -0.15) is 0 Å². The molecule has 1 heterocycles. The van der Waals surface area contributed by atoms with Crippen LogP contribution in [0.5, 0.6) is 0 Å². The zero-order chi connectivity index (χ0) is 12.4. The van der Waals surface area contributed by atoms with Gasteiger partial charge in [-0.15, -0.1) is 11.3 Å². The van der Waals surface area contributed by atoms with Crippen molar-refractivity contribution >= 4 is 33.0 Å². The van der Waals surface area contributed by atoms with Crippen LogP contribution in [0.1, 0.15) is 28.3 Å². The summed E-state index contributed by atoms with van der Waals surface area (Å²) in [4.78, 5) is 2.73. The summed E-state index contributed by atoms with van der Waals surface area (Å²) in [7, 11) is 0. The normalized spacial score (nSPS) is 12.5. The summed E-state index contributed by atoms with van der Waals surface area (Å²) in [5.41, 5.74) is 2.41. The highest BCUT2D eigenvalue weighted by Crippen LogP contribution is 2.31. The van der Waals surface area contributed by atoms with Crippen molar-refractivity contribution in [1.82, 2.24) is 0 Å². The predicted molar refractivity (Wildman–Crippen MR) is 80.0 cm³/mol. The minimum absolute atomic E-state index is 0.340. The number of rotatable bonds is 3. The molecule has 0 radical (unpaired) electrons. The van der Waals surface area contributed by atoms with Gasteiger partial charge in [0, 0.05) is 19.9 Å². The molecule has 0 saturated carbocycles. The maximum absolute atomic E-state index is 3.63. The van der Waals surface area contributed by atoms with Crippen LogP contribution in [-0.4, -0.2) is 0 Å². The van der Waals surface area contributed by atoms with Crippen molar-refractivity contribution in [1.29, 1.82) is 0 Å². The molecule has 0 amide bonds. The molecule has 90 valence electrons. The monoisotopic (exact) mass is 309 g/mol. The Bertz CT molecular complexity index is 519. The maximum atomic E-state index is 3.63. The van der Waals surface area contributed by atoms with E-state index in [1.807, 2.05) is 11.3 Å². The first kappa shape index (κ1) is 12.7. The number of thiophene rings is 1. The lowest BCUT2D eigenvalue weighted by Crippen LogP contribution is -2.05. The summed E-state index contributed by atoms with van der Waals surface area (Å²) in [5.74, 6) is 0. The van der Waals surface area contributed by atoms with E-state index in [-0.39, 0.29) is 0 Å². The molecular weight excluding hydrogens is 294 g/mol. The Balaban J connectivity index is 2.18. The third-order valence-electron chi connectivity index (χ3n) is 2.75. The van der Waals surface area contributed by atoms with Gasteiger partial charge in [-0.1, -0.05) is 12.1 Å². The lowest BCUT2D eigenvalue weighted by Gasteiger charge is -2.16. The fourth-order valence-electron chi connectivity index (χ4n) is 1.75. The van der Waals surface area contributed by atoms with Gasteiger partial charge in [0.2, 0.25) is 0 Å². The van der Waals surface area contributed by atoms with Gasteiger partial charge in [0.15, 0.2) is 0 Å². The maximum Gasteiger partial charge on any atom is 0.0578 e. The highest BCUT2D eigenvalue weighted by Gasteiger charge is 2.09. The molecule has 0 aliphatic carbocycles. The molecule has 1 nitrogen and oxygen atoms in total. The Morgan fingerprint density at radius 3 is 2.59 bits per heavy atom. The van der Waals surface area contributed by atoms with Gasteiger partial charge >= 0.3 is 0 Å². The van der Waals surface area contributed by atoms with Crippen LogP contribution in [0.15, 0.2) is 34.8 Å². The average molecular weight is 310 g/mol. The Kier molecular flexibility index (Phi) is 3.89. The van der Waals surface area contributed by atoms with Gasteiger partial charge in [0.25, 0.3) is 0 Å². The number of hydrogen-bond donors (Lipinski definition) is 1. The van der Waals surface area contributed by atoms with Crippen molar-refractivity contribution in [2.75, 3.05) is 5.32 Å². The largest absolute Gasteiger partial charge is 0.377 e. The van der Waals surface area contributed by atoms with E-state index < -0.39 is 0 Å². The average Bonchev–Trinajstić information content (AvgIpc) is 2.72. The molecule has 1 aromatic heterocycles. The Labute approximate surface area is 115 Å². The standard InChI is InChI=1S/C14H16BrNS/c1-9-5-4-6-12(14(9)15)16-11(3)13-8-7-10(2)17-13/h4-8,11,16H,1-3H3. The second kappa shape index (κ2) is 5.23. The van der Waals surface area contributed by atoms with Crippen molar-refractivity contribution < 1.29 is 0 Å². The van der Waals surface area contributed by atoms with Crippen molar-refractivity contribution in [2.24, 2.45) is 0 Å². The number of hydrogen-bond acceptors (Lipinski definition) is 2. The van der Waals surface area contributed by atoms with Crippen LogP contribution in [0, 0.1) is 13.8 Å². The molecule has 0 fully saturated rings. The summed E-state index contributed by atoms with van der Waals surface area (Å²) in [6.45, 7) is 6.44. The van der Waals surface area contributed by atoms with Crippen LogP contribution < -0.4 is 5.32 Å². The number of aryl methyl sites for hydroxylation is 2. The summed E-state index contributed by atoms with van der Waals surface area (Å²) in [6.07, 6.45) is 0. The van der Waals surface area contributed by atoms with E-state index in [9.17, 15) is 0 Å². The quantitative estimate of drug-likeness (QED) is 0.811. The molecule has 17 heavy (non-hydrogen) atoms. The fourth-order valence-corrected chi connectivity index (χ4v) is 3.01. The summed E-state index contributed by atoms with van der Waals surface area (Å²) < 4.78 is 1.15. The summed E-state index contributed by atoms with van der Waals surface area (Å²) in [5, 5.41) is 3.54. The molecule has 0 saturated heterocycles. The molecular formula is C14H16BrNS. The number of anilines is 1. The van der Waals surface area contributed by atoms with Crippen LogP contribution in [0.4, 0.5) is 5.69 Å². The lowest BCUT2D eigenvalue weighted by atomic mass is 10.2. The van der Waals surface area contributed by atoms with E-state index in [0.29, 0.717) is 6.04 Å². The number of benzene rings is 1. The predicted octanol–water partition coefficient (Wildman–Crippen LogP) is 5.30.